The predicted molar refractivity (Wildman–Crippen MR) is 79.0 cm³/mol. The molecule has 0 saturated heterocycles. The Morgan fingerprint density at radius 2 is 2.00 bits per heavy atom. The molecule has 2 rings (SSSR count). The molecule has 0 fully saturated rings. The van der Waals surface area contributed by atoms with Crippen molar-refractivity contribution in [2.45, 2.75) is 46.8 Å². The van der Waals surface area contributed by atoms with Gasteiger partial charge in [0.05, 0.1) is 5.69 Å². The second kappa shape index (κ2) is 6.35. The summed E-state index contributed by atoms with van der Waals surface area (Å²) in [7, 11) is 0. The van der Waals surface area contributed by atoms with Crippen LogP contribution in [0.1, 0.15) is 42.4 Å². The molecule has 5 heteroatoms. The number of aryl methyl sites for hydroxylation is 2. The van der Waals surface area contributed by atoms with Gasteiger partial charge < -0.3 is 5.32 Å². The molecule has 1 atom stereocenters. The first kappa shape index (κ1) is 15.6. The number of nitrogens with one attached hydrogen (secondary N) is 1. The Kier molecular flexibility index (Phi) is 4.73. The van der Waals surface area contributed by atoms with Crippen molar-refractivity contribution in [2.24, 2.45) is 0 Å². The quantitative estimate of drug-likeness (QED) is 0.912. The summed E-state index contributed by atoms with van der Waals surface area (Å²) in [6, 6.07) is 3.53. The molecule has 114 valence electrons. The van der Waals surface area contributed by atoms with Crippen LogP contribution < -0.4 is 5.32 Å². The van der Waals surface area contributed by atoms with Crippen LogP contribution in [0.2, 0.25) is 0 Å². The molecule has 0 aliphatic heterocycles. The standard InChI is InChI=1S/C16H21F2N3/c1-5-21-12(4)16(11(3)20-21)10(2)19-9-13-8-14(17)6-7-15(13)18/h6-8,10,19H,5,9H2,1-4H3. The second-order valence-corrected chi connectivity index (χ2v) is 5.24. The van der Waals surface area contributed by atoms with Gasteiger partial charge in [-0.25, -0.2) is 8.78 Å². The van der Waals surface area contributed by atoms with E-state index < -0.39 is 11.6 Å². The minimum absolute atomic E-state index is 0.0213. The molecule has 1 unspecified atom stereocenters. The van der Waals surface area contributed by atoms with Crippen LogP contribution in [-0.2, 0) is 13.1 Å². The van der Waals surface area contributed by atoms with E-state index in [1.165, 1.54) is 6.07 Å². The number of hydrogen-bond donors (Lipinski definition) is 1. The van der Waals surface area contributed by atoms with E-state index in [9.17, 15) is 8.78 Å². The summed E-state index contributed by atoms with van der Waals surface area (Å²) in [6.45, 7) is 9.14. The van der Waals surface area contributed by atoms with E-state index in [1.807, 2.05) is 32.4 Å². The normalized spacial score (nSPS) is 12.7. The minimum atomic E-state index is -0.424. The van der Waals surface area contributed by atoms with Crippen molar-refractivity contribution in [3.63, 3.8) is 0 Å². The van der Waals surface area contributed by atoms with E-state index in [4.69, 9.17) is 0 Å². The van der Waals surface area contributed by atoms with Crippen LogP contribution in [-0.4, -0.2) is 9.78 Å². The lowest BCUT2D eigenvalue weighted by molar-refractivity contribution is 0.532. The fourth-order valence-electron chi connectivity index (χ4n) is 2.69. The van der Waals surface area contributed by atoms with Gasteiger partial charge in [-0.1, -0.05) is 0 Å². The van der Waals surface area contributed by atoms with Crippen molar-refractivity contribution < 1.29 is 8.78 Å². The van der Waals surface area contributed by atoms with Gasteiger partial charge in [0.2, 0.25) is 0 Å². The SMILES string of the molecule is CCn1nc(C)c(C(C)NCc2cc(F)ccc2F)c1C. The van der Waals surface area contributed by atoms with E-state index in [2.05, 4.69) is 10.4 Å². The van der Waals surface area contributed by atoms with Crippen molar-refractivity contribution >= 4 is 0 Å². The highest BCUT2D eigenvalue weighted by atomic mass is 19.1. The van der Waals surface area contributed by atoms with Crippen molar-refractivity contribution in [3.8, 4) is 0 Å². The van der Waals surface area contributed by atoms with E-state index in [0.29, 0.717) is 5.56 Å². The first-order valence-corrected chi connectivity index (χ1v) is 7.15. The van der Waals surface area contributed by atoms with Crippen LogP contribution in [0, 0.1) is 25.5 Å². The summed E-state index contributed by atoms with van der Waals surface area (Å²) < 4.78 is 28.7. The predicted octanol–water partition coefficient (Wildman–Crippen LogP) is 3.65. The molecular weight excluding hydrogens is 272 g/mol. The maximum Gasteiger partial charge on any atom is 0.127 e. The van der Waals surface area contributed by atoms with E-state index in [-0.39, 0.29) is 12.6 Å². The average Bonchev–Trinajstić information content (AvgIpc) is 2.74. The van der Waals surface area contributed by atoms with Crippen LogP contribution in [0.4, 0.5) is 8.78 Å². The molecule has 0 aliphatic carbocycles. The van der Waals surface area contributed by atoms with Crippen LogP contribution >= 0.6 is 0 Å². The van der Waals surface area contributed by atoms with Crippen molar-refractivity contribution in [1.29, 1.82) is 0 Å². The first-order valence-electron chi connectivity index (χ1n) is 7.15. The minimum Gasteiger partial charge on any atom is -0.306 e. The van der Waals surface area contributed by atoms with Gasteiger partial charge in [0.1, 0.15) is 11.6 Å². The Hall–Kier alpha value is -1.75. The molecule has 0 radical (unpaired) electrons. The molecule has 0 aliphatic rings. The van der Waals surface area contributed by atoms with Crippen molar-refractivity contribution in [3.05, 3.63) is 52.3 Å². The first-order chi connectivity index (χ1) is 9.93. The van der Waals surface area contributed by atoms with Gasteiger partial charge in [-0.3, -0.25) is 4.68 Å². The maximum absolute atomic E-state index is 13.6. The average molecular weight is 293 g/mol. The summed E-state index contributed by atoms with van der Waals surface area (Å²) in [5.74, 6) is -0.819. The molecule has 0 amide bonds. The molecule has 0 bridgehead atoms. The number of halogens is 2. The van der Waals surface area contributed by atoms with Crippen LogP contribution in [0.5, 0.6) is 0 Å². The number of hydrogen-bond acceptors (Lipinski definition) is 2. The molecule has 0 spiro atoms. The lowest BCUT2D eigenvalue weighted by atomic mass is 10.1. The Labute approximate surface area is 124 Å². The highest BCUT2D eigenvalue weighted by Crippen LogP contribution is 2.22. The summed E-state index contributed by atoms with van der Waals surface area (Å²) in [5, 5.41) is 7.72. The largest absolute Gasteiger partial charge is 0.306 e. The van der Waals surface area contributed by atoms with E-state index in [0.717, 1.165) is 35.6 Å². The molecule has 1 N–H and O–H groups in total. The highest BCUT2D eigenvalue weighted by Gasteiger charge is 2.17. The van der Waals surface area contributed by atoms with Gasteiger partial charge in [-0.05, 0) is 45.9 Å². The zero-order chi connectivity index (χ0) is 15.6. The Morgan fingerprint density at radius 1 is 1.29 bits per heavy atom. The van der Waals surface area contributed by atoms with Crippen LogP contribution in [0.25, 0.3) is 0 Å². The molecule has 21 heavy (non-hydrogen) atoms. The van der Waals surface area contributed by atoms with Crippen molar-refractivity contribution in [2.75, 3.05) is 0 Å². The van der Waals surface area contributed by atoms with Gasteiger partial charge in [0.15, 0.2) is 0 Å². The van der Waals surface area contributed by atoms with Gasteiger partial charge >= 0.3 is 0 Å². The lowest BCUT2D eigenvalue weighted by Crippen LogP contribution is -2.20. The molecule has 2 aromatic rings. The Bertz CT molecular complexity index is 635. The van der Waals surface area contributed by atoms with Crippen molar-refractivity contribution in [1.82, 2.24) is 15.1 Å². The number of aromatic nitrogens is 2. The molecule has 3 nitrogen and oxygen atoms in total. The second-order valence-electron chi connectivity index (χ2n) is 5.24. The maximum atomic E-state index is 13.6. The topological polar surface area (TPSA) is 29.9 Å². The fraction of sp³-hybridized carbons (Fsp3) is 0.438. The van der Waals surface area contributed by atoms with Gasteiger partial charge in [-0.2, -0.15) is 5.10 Å². The monoisotopic (exact) mass is 293 g/mol. The molecule has 1 heterocycles. The molecule has 0 saturated carbocycles. The summed E-state index contributed by atoms with van der Waals surface area (Å²) >= 11 is 0. The summed E-state index contributed by atoms with van der Waals surface area (Å²) in [4.78, 5) is 0. The van der Waals surface area contributed by atoms with Gasteiger partial charge in [0, 0.05) is 36.0 Å². The third kappa shape index (κ3) is 3.29. The van der Waals surface area contributed by atoms with Crippen LogP contribution in [0.3, 0.4) is 0 Å². The molecular formula is C16H21F2N3. The Morgan fingerprint density at radius 3 is 2.62 bits per heavy atom. The Balaban J connectivity index is 2.13. The van der Waals surface area contributed by atoms with Gasteiger partial charge in [-0.15, -0.1) is 0 Å². The molecule has 1 aromatic heterocycles. The van der Waals surface area contributed by atoms with E-state index in [1.54, 1.807) is 0 Å². The number of benzene rings is 1. The van der Waals surface area contributed by atoms with Gasteiger partial charge in [0.25, 0.3) is 0 Å². The number of rotatable bonds is 5. The summed E-state index contributed by atoms with van der Waals surface area (Å²) in [6.07, 6.45) is 0. The highest BCUT2D eigenvalue weighted by molar-refractivity contribution is 5.28. The molecule has 1 aromatic carbocycles. The zero-order valence-electron chi connectivity index (χ0n) is 12.9. The lowest BCUT2D eigenvalue weighted by Gasteiger charge is -2.15. The number of nitrogens with zero attached hydrogens (tertiary/aromatic N) is 2. The zero-order valence-corrected chi connectivity index (χ0v) is 12.9. The third-order valence-electron chi connectivity index (χ3n) is 3.78. The fourth-order valence-corrected chi connectivity index (χ4v) is 2.69. The van der Waals surface area contributed by atoms with Crippen LogP contribution in [0.15, 0.2) is 18.2 Å². The van der Waals surface area contributed by atoms with E-state index >= 15 is 0 Å². The third-order valence-corrected chi connectivity index (χ3v) is 3.78. The summed E-state index contributed by atoms with van der Waals surface area (Å²) in [5.41, 5.74) is 3.53. The smallest absolute Gasteiger partial charge is 0.127 e.